The molecule has 0 aromatic heterocycles. The molecule has 0 aliphatic carbocycles. The molecule has 0 N–H and O–H groups in total. The first-order valence-corrected chi connectivity index (χ1v) is 18.7. The van der Waals surface area contributed by atoms with E-state index in [-0.39, 0.29) is 5.91 Å². The van der Waals surface area contributed by atoms with Crippen LogP contribution in [-0.2, 0) is 4.79 Å². The summed E-state index contributed by atoms with van der Waals surface area (Å²) in [5.41, 5.74) is 1.19. The van der Waals surface area contributed by atoms with Crippen LogP contribution in [0.15, 0.2) is 21.8 Å². The predicted molar refractivity (Wildman–Crippen MR) is 118 cm³/mol. The summed E-state index contributed by atoms with van der Waals surface area (Å²) in [6.07, 6.45) is 13.4. The van der Waals surface area contributed by atoms with Crippen LogP contribution in [0.2, 0.25) is 13.3 Å². The van der Waals surface area contributed by atoms with E-state index in [0.717, 1.165) is 25.9 Å². The predicted octanol–water partition coefficient (Wildman–Crippen LogP) is 6.89. The normalized spacial score (nSPS) is 16.0. The van der Waals surface area contributed by atoms with E-state index in [1.807, 2.05) is 0 Å². The molecule has 1 fully saturated rings. The van der Waals surface area contributed by atoms with Crippen molar-refractivity contribution >= 4 is 24.3 Å². The Balaban J connectivity index is 3.19. The fourth-order valence-corrected chi connectivity index (χ4v) is 21.5. The van der Waals surface area contributed by atoms with Gasteiger partial charge in [-0.3, -0.25) is 0 Å². The topological polar surface area (TPSA) is 20.3 Å². The first kappa shape index (κ1) is 23.8. The van der Waals surface area contributed by atoms with Gasteiger partial charge in [0.25, 0.3) is 0 Å². The summed E-state index contributed by atoms with van der Waals surface area (Å²) >= 11 is -2.59. The second kappa shape index (κ2) is 13.0. The van der Waals surface area contributed by atoms with E-state index in [9.17, 15) is 4.79 Å². The quantitative estimate of drug-likeness (QED) is 0.174. The molecule has 0 bridgehead atoms. The maximum absolute atomic E-state index is 13.0. The van der Waals surface area contributed by atoms with Crippen LogP contribution >= 0.6 is 0 Å². The van der Waals surface area contributed by atoms with Crippen molar-refractivity contribution in [2.45, 2.75) is 98.8 Å². The van der Waals surface area contributed by atoms with Gasteiger partial charge in [0, 0.05) is 0 Å². The minimum absolute atomic E-state index is 0.272. The van der Waals surface area contributed by atoms with Crippen molar-refractivity contribution < 1.29 is 4.79 Å². The van der Waals surface area contributed by atoms with Gasteiger partial charge in [0.1, 0.15) is 0 Å². The summed E-state index contributed by atoms with van der Waals surface area (Å²) < 4.78 is 5.66. The molecule has 1 aliphatic heterocycles. The standard InChI is InChI=1S/C11H16NO.3C4H9.Sn/c1-10(2)6-7-11(13)12-8-4-3-5-9-12;3*1-3-4-2;/h7H,1,3-5,8-9H2,2H3;3*1,3-4H2,2H3;. The first-order valence-electron chi connectivity index (χ1n) is 11.2. The van der Waals surface area contributed by atoms with Crippen molar-refractivity contribution in [1.29, 1.82) is 0 Å². The molecule has 26 heavy (non-hydrogen) atoms. The third kappa shape index (κ3) is 7.40. The number of piperidine rings is 1. The van der Waals surface area contributed by atoms with Gasteiger partial charge >= 0.3 is 168 Å². The van der Waals surface area contributed by atoms with Crippen LogP contribution in [0.1, 0.15) is 85.5 Å². The summed E-state index contributed by atoms with van der Waals surface area (Å²) in [6, 6.07) is 0. The van der Waals surface area contributed by atoms with E-state index in [4.69, 9.17) is 0 Å². The molecule has 0 aromatic carbocycles. The number of likely N-dealkylation sites (tertiary alicyclic amines) is 1. The molecule has 0 saturated carbocycles. The van der Waals surface area contributed by atoms with Crippen molar-refractivity contribution in [1.82, 2.24) is 4.90 Å². The van der Waals surface area contributed by atoms with Crippen molar-refractivity contribution in [2.24, 2.45) is 0 Å². The van der Waals surface area contributed by atoms with Gasteiger partial charge in [-0.1, -0.05) is 0 Å². The van der Waals surface area contributed by atoms with Crippen LogP contribution in [0.25, 0.3) is 0 Å². The Bertz CT molecular complexity index is 441. The number of nitrogens with zero attached hydrogens (tertiary/aromatic N) is 1. The molecule has 3 heteroatoms. The fraction of sp³-hybridized carbons (Fsp3) is 0.783. The van der Waals surface area contributed by atoms with E-state index >= 15 is 0 Å². The molecule has 1 aliphatic rings. The molecule has 0 atom stereocenters. The molecule has 1 saturated heterocycles. The molecular weight excluding hydrogens is 425 g/mol. The Hall–Kier alpha value is -0.251. The van der Waals surface area contributed by atoms with E-state index in [0.29, 0.717) is 0 Å². The summed E-state index contributed by atoms with van der Waals surface area (Å²) in [4.78, 5) is 15.1. The number of rotatable bonds is 12. The molecule has 0 unspecified atom stereocenters. The number of carbonyl (C=O) groups is 1. The van der Waals surface area contributed by atoms with Crippen molar-refractivity contribution in [3.8, 4) is 0 Å². The van der Waals surface area contributed by atoms with Gasteiger partial charge in [0.05, 0.1) is 0 Å². The number of unbranched alkanes of at least 4 members (excludes halogenated alkanes) is 3. The molecular formula is C23H43NOSn. The van der Waals surface area contributed by atoms with Crippen LogP contribution in [0.3, 0.4) is 0 Å². The number of hydrogen-bond acceptors (Lipinski definition) is 1. The van der Waals surface area contributed by atoms with Crippen LogP contribution in [0.5, 0.6) is 0 Å². The zero-order chi connectivity index (χ0) is 19.4. The third-order valence-corrected chi connectivity index (χ3v) is 22.1. The average molecular weight is 468 g/mol. The van der Waals surface area contributed by atoms with Gasteiger partial charge in [-0.25, -0.2) is 0 Å². The van der Waals surface area contributed by atoms with Crippen LogP contribution in [-0.4, -0.2) is 42.3 Å². The molecule has 150 valence electrons. The number of allylic oxidation sites excluding steroid dienone is 2. The number of hydrogen-bond donors (Lipinski definition) is 0. The van der Waals surface area contributed by atoms with Crippen LogP contribution < -0.4 is 0 Å². The zero-order valence-electron chi connectivity index (χ0n) is 18.0. The van der Waals surface area contributed by atoms with Crippen LogP contribution in [0.4, 0.5) is 0 Å². The monoisotopic (exact) mass is 469 g/mol. The second-order valence-corrected chi connectivity index (χ2v) is 21.4. The fourth-order valence-electron chi connectivity index (χ4n) is 4.38. The Morgan fingerprint density at radius 2 is 1.38 bits per heavy atom. The van der Waals surface area contributed by atoms with Gasteiger partial charge in [-0.05, 0) is 0 Å². The number of carbonyl (C=O) groups excluding carboxylic acids is 1. The summed E-state index contributed by atoms with van der Waals surface area (Å²) in [5.74, 6) is 0.272. The van der Waals surface area contributed by atoms with E-state index in [1.165, 1.54) is 67.4 Å². The Morgan fingerprint density at radius 1 is 0.923 bits per heavy atom. The molecule has 2 nitrogen and oxygen atoms in total. The van der Waals surface area contributed by atoms with E-state index in [2.05, 4.69) is 45.2 Å². The summed E-state index contributed by atoms with van der Waals surface area (Å²) in [7, 11) is 0. The third-order valence-electron chi connectivity index (χ3n) is 5.99. The van der Waals surface area contributed by atoms with Gasteiger partial charge in [-0.2, -0.15) is 0 Å². The second-order valence-electron chi connectivity index (χ2n) is 8.32. The Morgan fingerprint density at radius 3 is 1.77 bits per heavy atom. The van der Waals surface area contributed by atoms with E-state index in [1.54, 1.807) is 0 Å². The van der Waals surface area contributed by atoms with Crippen molar-refractivity contribution in [3.05, 3.63) is 21.8 Å². The van der Waals surface area contributed by atoms with Crippen molar-refractivity contribution in [2.75, 3.05) is 13.1 Å². The number of amides is 1. The summed E-state index contributed by atoms with van der Waals surface area (Å²) in [6.45, 7) is 15.3. The first-order chi connectivity index (χ1) is 12.5. The van der Waals surface area contributed by atoms with Gasteiger partial charge < -0.3 is 0 Å². The van der Waals surface area contributed by atoms with E-state index < -0.39 is 18.4 Å². The van der Waals surface area contributed by atoms with Crippen LogP contribution in [0, 0.1) is 0 Å². The Kier molecular flexibility index (Phi) is 11.9. The molecule has 0 spiro atoms. The molecule has 1 amide bonds. The molecule has 1 rings (SSSR count). The molecule has 0 radical (unpaired) electrons. The van der Waals surface area contributed by atoms with Crippen molar-refractivity contribution in [3.63, 3.8) is 0 Å². The minimum atomic E-state index is -2.59. The van der Waals surface area contributed by atoms with Gasteiger partial charge in [0.15, 0.2) is 0 Å². The molecule has 1 heterocycles. The maximum atomic E-state index is 13.0. The molecule has 0 aromatic rings. The van der Waals surface area contributed by atoms with Gasteiger partial charge in [-0.15, -0.1) is 0 Å². The summed E-state index contributed by atoms with van der Waals surface area (Å²) in [5, 5.41) is 0. The zero-order valence-corrected chi connectivity index (χ0v) is 20.9. The Labute approximate surface area is 167 Å². The van der Waals surface area contributed by atoms with Gasteiger partial charge in [0.2, 0.25) is 0 Å². The SMILES string of the molecule is C=C(C)/[C](=C\C(=O)N1CCCCC1)[Sn]([CH2]CCC)([CH2]CCC)[CH2]CCC. The average Bonchev–Trinajstić information content (AvgIpc) is 2.66.